The molecule has 2 rings (SSSR count). The van der Waals surface area contributed by atoms with Gasteiger partial charge in [0.1, 0.15) is 0 Å². The standard InChI is InChI=1S/C11H15N3O2/c1-8(12-2)5-7-14-10-9(16-11(14)15)4-3-6-13-10/h3-4,6,8,12H,5,7H2,1-2H3. The van der Waals surface area contributed by atoms with Crippen LogP contribution in [0, 0.1) is 0 Å². The Bertz CT molecular complexity index is 529. The maximum absolute atomic E-state index is 11.6. The van der Waals surface area contributed by atoms with E-state index in [1.54, 1.807) is 22.9 Å². The molecule has 0 amide bonds. The molecule has 5 heteroatoms. The first kappa shape index (κ1) is 10.9. The highest BCUT2D eigenvalue weighted by molar-refractivity contribution is 5.67. The summed E-state index contributed by atoms with van der Waals surface area (Å²) in [5, 5.41) is 3.13. The first-order valence-electron chi connectivity index (χ1n) is 5.34. The van der Waals surface area contributed by atoms with Crippen molar-refractivity contribution in [1.29, 1.82) is 0 Å². The molecule has 0 radical (unpaired) electrons. The van der Waals surface area contributed by atoms with Gasteiger partial charge in [0.15, 0.2) is 11.2 Å². The van der Waals surface area contributed by atoms with E-state index in [1.165, 1.54) is 0 Å². The number of fused-ring (bicyclic) bond motifs is 1. The van der Waals surface area contributed by atoms with Gasteiger partial charge in [0.2, 0.25) is 0 Å². The van der Waals surface area contributed by atoms with Crippen molar-refractivity contribution in [2.24, 2.45) is 0 Å². The van der Waals surface area contributed by atoms with Crippen LogP contribution in [0.3, 0.4) is 0 Å². The fourth-order valence-electron chi connectivity index (χ4n) is 1.56. The molecule has 86 valence electrons. The van der Waals surface area contributed by atoms with Crippen molar-refractivity contribution < 1.29 is 4.42 Å². The SMILES string of the molecule is CNC(C)CCn1c(=O)oc2cccnc21. The van der Waals surface area contributed by atoms with Crippen LogP contribution in [0.15, 0.2) is 27.5 Å². The molecule has 0 saturated carbocycles. The number of aryl methyl sites for hydroxylation is 1. The van der Waals surface area contributed by atoms with Gasteiger partial charge in [0.05, 0.1) is 0 Å². The molecule has 1 N–H and O–H groups in total. The van der Waals surface area contributed by atoms with Crippen LogP contribution in [-0.2, 0) is 6.54 Å². The molecule has 0 aromatic carbocycles. The Morgan fingerprint density at radius 2 is 2.44 bits per heavy atom. The Morgan fingerprint density at radius 3 is 3.19 bits per heavy atom. The van der Waals surface area contributed by atoms with Crippen LogP contribution < -0.4 is 11.1 Å². The minimum atomic E-state index is -0.336. The van der Waals surface area contributed by atoms with E-state index in [0.29, 0.717) is 23.8 Å². The second-order valence-corrected chi connectivity index (χ2v) is 3.82. The van der Waals surface area contributed by atoms with Gasteiger partial charge in [-0.15, -0.1) is 0 Å². The van der Waals surface area contributed by atoms with Crippen molar-refractivity contribution >= 4 is 11.2 Å². The Balaban J connectivity index is 2.29. The molecular formula is C11H15N3O2. The summed E-state index contributed by atoms with van der Waals surface area (Å²) in [4.78, 5) is 15.7. The fraction of sp³-hybridized carbons (Fsp3) is 0.455. The average molecular weight is 221 g/mol. The normalized spacial score (nSPS) is 13.1. The predicted octanol–water partition coefficient (Wildman–Crippen LogP) is 0.988. The minimum absolute atomic E-state index is 0.336. The van der Waals surface area contributed by atoms with Crippen LogP contribution in [0.5, 0.6) is 0 Å². The lowest BCUT2D eigenvalue weighted by molar-refractivity contribution is 0.464. The molecular weight excluding hydrogens is 206 g/mol. The molecule has 2 aromatic heterocycles. The topological polar surface area (TPSA) is 60.1 Å². The molecule has 5 nitrogen and oxygen atoms in total. The molecule has 0 fully saturated rings. The van der Waals surface area contributed by atoms with E-state index in [1.807, 2.05) is 7.05 Å². The van der Waals surface area contributed by atoms with Gasteiger partial charge < -0.3 is 9.73 Å². The van der Waals surface area contributed by atoms with Gasteiger partial charge in [-0.3, -0.25) is 4.57 Å². The minimum Gasteiger partial charge on any atom is -0.406 e. The first-order valence-corrected chi connectivity index (χ1v) is 5.34. The maximum atomic E-state index is 11.6. The van der Waals surface area contributed by atoms with Gasteiger partial charge in [0.25, 0.3) is 0 Å². The summed E-state index contributed by atoms with van der Waals surface area (Å²) >= 11 is 0. The van der Waals surface area contributed by atoms with Crippen LogP contribution in [0.25, 0.3) is 11.2 Å². The zero-order chi connectivity index (χ0) is 11.5. The monoisotopic (exact) mass is 221 g/mol. The second kappa shape index (κ2) is 4.49. The quantitative estimate of drug-likeness (QED) is 0.836. The van der Waals surface area contributed by atoms with E-state index in [4.69, 9.17) is 4.42 Å². The van der Waals surface area contributed by atoms with Gasteiger partial charge >= 0.3 is 5.76 Å². The summed E-state index contributed by atoms with van der Waals surface area (Å²) in [5.74, 6) is -0.336. The number of oxazole rings is 1. The highest BCUT2D eigenvalue weighted by Gasteiger charge is 2.10. The van der Waals surface area contributed by atoms with E-state index in [-0.39, 0.29) is 5.76 Å². The van der Waals surface area contributed by atoms with Crippen LogP contribution in [0.1, 0.15) is 13.3 Å². The number of rotatable bonds is 4. The van der Waals surface area contributed by atoms with Crippen LogP contribution in [0.2, 0.25) is 0 Å². The average Bonchev–Trinajstić information content (AvgIpc) is 2.62. The maximum Gasteiger partial charge on any atom is 0.421 e. The summed E-state index contributed by atoms with van der Waals surface area (Å²) in [6.07, 6.45) is 2.52. The molecule has 2 aromatic rings. The van der Waals surface area contributed by atoms with Gasteiger partial charge in [0, 0.05) is 18.8 Å². The third-order valence-electron chi connectivity index (χ3n) is 2.70. The molecule has 0 aliphatic carbocycles. The number of hydrogen-bond donors (Lipinski definition) is 1. The third kappa shape index (κ3) is 1.99. The summed E-state index contributed by atoms with van der Waals surface area (Å²) in [7, 11) is 1.90. The van der Waals surface area contributed by atoms with Gasteiger partial charge in [-0.25, -0.2) is 9.78 Å². The summed E-state index contributed by atoms with van der Waals surface area (Å²) < 4.78 is 6.66. The zero-order valence-corrected chi connectivity index (χ0v) is 9.43. The number of hydrogen-bond acceptors (Lipinski definition) is 4. The van der Waals surface area contributed by atoms with Gasteiger partial charge in [-0.05, 0) is 32.5 Å². The smallest absolute Gasteiger partial charge is 0.406 e. The van der Waals surface area contributed by atoms with Crippen molar-refractivity contribution in [3.05, 3.63) is 28.9 Å². The molecule has 0 saturated heterocycles. The van der Waals surface area contributed by atoms with Crippen molar-refractivity contribution in [2.45, 2.75) is 25.9 Å². The second-order valence-electron chi connectivity index (χ2n) is 3.82. The molecule has 1 atom stereocenters. The van der Waals surface area contributed by atoms with E-state index in [9.17, 15) is 4.79 Å². The summed E-state index contributed by atoms with van der Waals surface area (Å²) in [6.45, 7) is 2.69. The van der Waals surface area contributed by atoms with Crippen molar-refractivity contribution in [2.75, 3.05) is 7.05 Å². The lowest BCUT2D eigenvalue weighted by Gasteiger charge is -2.09. The number of nitrogens with one attached hydrogen (secondary N) is 1. The number of aromatic nitrogens is 2. The van der Waals surface area contributed by atoms with Crippen LogP contribution in [-0.4, -0.2) is 22.6 Å². The van der Waals surface area contributed by atoms with Crippen molar-refractivity contribution in [3.63, 3.8) is 0 Å². The number of pyridine rings is 1. The summed E-state index contributed by atoms with van der Waals surface area (Å²) in [6, 6.07) is 3.87. The zero-order valence-electron chi connectivity index (χ0n) is 9.43. The van der Waals surface area contributed by atoms with Crippen LogP contribution >= 0.6 is 0 Å². The Kier molecular flexibility index (Phi) is 3.05. The molecule has 2 heterocycles. The molecule has 0 bridgehead atoms. The van der Waals surface area contributed by atoms with E-state index in [0.717, 1.165) is 6.42 Å². The lowest BCUT2D eigenvalue weighted by atomic mass is 10.2. The fourth-order valence-corrected chi connectivity index (χ4v) is 1.56. The van der Waals surface area contributed by atoms with E-state index >= 15 is 0 Å². The Morgan fingerprint density at radius 1 is 1.62 bits per heavy atom. The Labute approximate surface area is 93.1 Å². The van der Waals surface area contributed by atoms with Gasteiger partial charge in [-0.2, -0.15) is 0 Å². The molecule has 16 heavy (non-hydrogen) atoms. The Hall–Kier alpha value is -1.62. The molecule has 1 unspecified atom stereocenters. The lowest BCUT2D eigenvalue weighted by Crippen LogP contribution is -2.25. The summed E-state index contributed by atoms with van der Waals surface area (Å²) in [5.41, 5.74) is 1.17. The van der Waals surface area contributed by atoms with E-state index in [2.05, 4.69) is 17.2 Å². The first-order chi connectivity index (χ1) is 7.72. The van der Waals surface area contributed by atoms with Gasteiger partial charge in [-0.1, -0.05) is 0 Å². The van der Waals surface area contributed by atoms with Crippen LogP contribution in [0.4, 0.5) is 0 Å². The number of nitrogens with zero attached hydrogens (tertiary/aromatic N) is 2. The van der Waals surface area contributed by atoms with E-state index < -0.39 is 0 Å². The molecule has 0 spiro atoms. The van der Waals surface area contributed by atoms with Crippen molar-refractivity contribution in [3.8, 4) is 0 Å². The predicted molar refractivity (Wildman–Crippen MR) is 61.4 cm³/mol. The highest BCUT2D eigenvalue weighted by Crippen LogP contribution is 2.09. The highest BCUT2D eigenvalue weighted by atomic mass is 16.4. The van der Waals surface area contributed by atoms with Crippen molar-refractivity contribution in [1.82, 2.24) is 14.9 Å². The largest absolute Gasteiger partial charge is 0.421 e. The molecule has 0 aliphatic rings. The third-order valence-corrected chi connectivity index (χ3v) is 2.70. The molecule has 0 aliphatic heterocycles.